The van der Waals surface area contributed by atoms with Crippen LogP contribution in [0.4, 0.5) is 4.39 Å². The smallest absolute Gasteiger partial charge is 0.345 e. The first kappa shape index (κ1) is 25.6. The van der Waals surface area contributed by atoms with Gasteiger partial charge in [-0.05, 0) is 18.1 Å². The number of aliphatic hydroxyl groups excluding tert-OH is 2. The Bertz CT molecular complexity index is 1170. The predicted molar refractivity (Wildman–Crippen MR) is 109 cm³/mol. The molecule has 34 heavy (non-hydrogen) atoms. The fourth-order valence-electron chi connectivity index (χ4n) is 3.63. The Morgan fingerprint density at radius 3 is 2.62 bits per heavy atom. The number of nitrogens with zero attached hydrogens (tertiary/aromatic N) is 2. The number of hydroxylamine groups is 2. The van der Waals surface area contributed by atoms with Gasteiger partial charge in [0.05, 0.1) is 13.2 Å². The van der Waals surface area contributed by atoms with Crippen LogP contribution in [0.1, 0.15) is 21.5 Å². The molecular weight excluding hydrogens is 461 g/mol. The number of halogens is 1. The third-order valence-electron chi connectivity index (χ3n) is 5.51. The maximum atomic E-state index is 12.5. The number of H-pyrrole nitrogens is 1. The zero-order valence-electron chi connectivity index (χ0n) is 17.9. The Morgan fingerprint density at radius 1 is 1.32 bits per heavy atom. The zero-order valence-corrected chi connectivity index (χ0v) is 17.9. The van der Waals surface area contributed by atoms with Gasteiger partial charge in [0.25, 0.3) is 5.56 Å². The minimum Gasteiger partial charge on any atom is -0.459 e. The molecule has 1 aliphatic rings. The number of carbonyl (C=O) groups excluding carboxylic acids is 1. The van der Waals surface area contributed by atoms with Gasteiger partial charge in [0.2, 0.25) is 5.72 Å². The summed E-state index contributed by atoms with van der Waals surface area (Å²) in [5, 5.41) is 53.7. The summed E-state index contributed by atoms with van der Waals surface area (Å²) in [6.45, 7) is -1.52. The lowest BCUT2D eigenvalue weighted by atomic mass is 9.99. The molecule has 2 aromatic rings. The molecule has 0 aliphatic carbocycles. The lowest BCUT2D eigenvalue weighted by molar-refractivity contribution is -0.413. The van der Waals surface area contributed by atoms with E-state index in [-0.39, 0.29) is 9.63 Å². The van der Waals surface area contributed by atoms with Crippen molar-refractivity contribution < 1.29 is 44.3 Å². The van der Waals surface area contributed by atoms with E-state index in [9.17, 15) is 44.4 Å². The van der Waals surface area contributed by atoms with Gasteiger partial charge in [-0.15, -0.1) is 5.06 Å². The molecule has 186 valence electrons. The van der Waals surface area contributed by atoms with Crippen LogP contribution in [0.15, 0.2) is 40.1 Å². The van der Waals surface area contributed by atoms with Crippen LogP contribution in [0.3, 0.4) is 0 Å². The molecule has 3 rings (SSSR count). The molecule has 0 radical (unpaired) electrons. The van der Waals surface area contributed by atoms with E-state index in [0.717, 1.165) is 0 Å². The fourth-order valence-corrected chi connectivity index (χ4v) is 3.63. The Hall–Kier alpha value is -2.98. The summed E-state index contributed by atoms with van der Waals surface area (Å²) < 4.78 is 22.2. The monoisotopic (exact) mass is 485 g/mol. The van der Waals surface area contributed by atoms with Crippen LogP contribution < -0.4 is 11.2 Å². The number of aryl methyl sites for hydroxylation is 1. The van der Waals surface area contributed by atoms with E-state index in [1.807, 2.05) is 0 Å². The quantitative estimate of drug-likeness (QED) is 0.136. The largest absolute Gasteiger partial charge is 0.459 e. The number of carbonyl (C=O) groups is 1. The third kappa shape index (κ3) is 4.16. The number of aromatic nitrogens is 2. The second-order valence-corrected chi connectivity index (χ2v) is 7.60. The molecule has 1 aromatic carbocycles. The third-order valence-corrected chi connectivity index (χ3v) is 5.51. The number of benzene rings is 1. The number of aromatic amines is 1. The highest BCUT2D eigenvalue weighted by atomic mass is 19.1. The maximum Gasteiger partial charge on any atom is 0.345 e. The minimum absolute atomic E-state index is 0.105. The molecule has 1 aromatic heterocycles. The summed E-state index contributed by atoms with van der Waals surface area (Å²) in [5.41, 5.74) is -5.63. The van der Waals surface area contributed by atoms with Crippen LogP contribution in [0, 0.1) is 6.92 Å². The Labute approximate surface area is 190 Å². The second kappa shape index (κ2) is 9.71. The summed E-state index contributed by atoms with van der Waals surface area (Å²) >= 11 is 0. The Balaban J connectivity index is 2.14. The molecule has 6 N–H and O–H groups in total. The highest BCUT2D eigenvalue weighted by Crippen LogP contribution is 2.43. The topological polar surface area (TPSA) is 195 Å². The van der Waals surface area contributed by atoms with E-state index in [0.29, 0.717) is 17.3 Å². The highest BCUT2D eigenvalue weighted by Gasteiger charge is 2.70. The van der Waals surface area contributed by atoms with Crippen LogP contribution in [-0.4, -0.2) is 84.0 Å². The van der Waals surface area contributed by atoms with E-state index in [4.69, 9.17) is 4.74 Å². The summed E-state index contributed by atoms with van der Waals surface area (Å²) in [6.07, 6.45) is -3.46. The van der Waals surface area contributed by atoms with Crippen molar-refractivity contribution in [1.82, 2.24) is 14.6 Å². The fraction of sp³-hybridized carbons (Fsp3) is 0.450. The van der Waals surface area contributed by atoms with Gasteiger partial charge in [-0.1, -0.05) is 24.3 Å². The molecule has 1 saturated heterocycles. The summed E-state index contributed by atoms with van der Waals surface area (Å²) in [6, 6.07) is 6.62. The molecule has 4 atom stereocenters. The molecule has 1 fully saturated rings. The van der Waals surface area contributed by atoms with Crippen molar-refractivity contribution in [1.29, 1.82) is 0 Å². The van der Waals surface area contributed by atoms with Gasteiger partial charge in [0.15, 0.2) is 0 Å². The average Bonchev–Trinajstić information content (AvgIpc) is 3.01. The van der Waals surface area contributed by atoms with Gasteiger partial charge in [-0.25, -0.2) is 18.5 Å². The van der Waals surface area contributed by atoms with Crippen LogP contribution >= 0.6 is 0 Å². The summed E-state index contributed by atoms with van der Waals surface area (Å²) in [4.78, 5) is 38.4. The standard InChI is InChI=1S/C20H24FN3O10/c1-11-4-2-3-5-12(11)8-24(32)19(30)15(26)14(10-25)34-20(19,31)23-9-13(16(27)22-18(23)29)17(28)33-7-6-21/h2-5,9,14-15,25-26,30-32H,6-8,10H2,1H3,(H,22,27,29)/t14-,15-,19-,20+/m1/s1. The Kier molecular flexibility index (Phi) is 7.32. The molecule has 13 nitrogen and oxygen atoms in total. The second-order valence-electron chi connectivity index (χ2n) is 7.60. The molecule has 14 heteroatoms. The SMILES string of the molecule is Cc1ccccc1CN(O)[C@@]1(O)[C@H](O)[C@@H](CO)O[C@]1(O)n1cc(C(=O)OCCF)c(=O)[nH]c1=O. The summed E-state index contributed by atoms with van der Waals surface area (Å²) in [7, 11) is 0. The van der Waals surface area contributed by atoms with Gasteiger partial charge in [-0.2, -0.15) is 0 Å². The summed E-state index contributed by atoms with van der Waals surface area (Å²) in [5.74, 6) is -4.70. The lowest BCUT2D eigenvalue weighted by Gasteiger charge is -2.42. The van der Waals surface area contributed by atoms with Crippen molar-refractivity contribution >= 4 is 5.97 Å². The van der Waals surface area contributed by atoms with Crippen molar-refractivity contribution in [2.24, 2.45) is 0 Å². The average molecular weight is 485 g/mol. The van der Waals surface area contributed by atoms with Crippen LogP contribution in [0.5, 0.6) is 0 Å². The number of alkyl halides is 1. The van der Waals surface area contributed by atoms with Gasteiger partial charge < -0.3 is 35.1 Å². The van der Waals surface area contributed by atoms with Gasteiger partial charge in [0, 0.05) is 6.20 Å². The lowest BCUT2D eigenvalue weighted by Crippen LogP contribution is -2.68. The number of esters is 1. The number of hydrogen-bond acceptors (Lipinski definition) is 11. The first-order chi connectivity index (χ1) is 16.0. The first-order valence-corrected chi connectivity index (χ1v) is 10.0. The molecule has 0 saturated carbocycles. The highest BCUT2D eigenvalue weighted by molar-refractivity contribution is 5.88. The van der Waals surface area contributed by atoms with Crippen molar-refractivity contribution in [3.63, 3.8) is 0 Å². The van der Waals surface area contributed by atoms with Crippen LogP contribution in [0.2, 0.25) is 0 Å². The maximum absolute atomic E-state index is 12.5. The first-order valence-electron chi connectivity index (χ1n) is 10.0. The predicted octanol–water partition coefficient (Wildman–Crippen LogP) is -2.09. The molecule has 0 unspecified atom stereocenters. The minimum atomic E-state index is -3.34. The normalized spacial score (nSPS) is 26.7. The molecule has 0 bridgehead atoms. The van der Waals surface area contributed by atoms with Gasteiger partial charge in [0.1, 0.15) is 31.1 Å². The van der Waals surface area contributed by atoms with Crippen LogP contribution in [0.25, 0.3) is 0 Å². The van der Waals surface area contributed by atoms with Crippen molar-refractivity contribution in [2.75, 3.05) is 19.9 Å². The molecule has 0 spiro atoms. The Morgan fingerprint density at radius 2 is 2.00 bits per heavy atom. The molecule has 1 aliphatic heterocycles. The van der Waals surface area contributed by atoms with Crippen LogP contribution in [-0.2, 0) is 21.9 Å². The van der Waals surface area contributed by atoms with E-state index in [1.165, 1.54) is 0 Å². The van der Waals surface area contributed by atoms with Crippen molar-refractivity contribution in [2.45, 2.75) is 37.3 Å². The van der Waals surface area contributed by atoms with E-state index >= 15 is 0 Å². The number of aliphatic hydroxyl groups is 4. The number of hydrogen-bond donors (Lipinski definition) is 6. The van der Waals surface area contributed by atoms with E-state index in [2.05, 4.69) is 4.74 Å². The molecule has 2 heterocycles. The number of nitrogens with one attached hydrogen (secondary N) is 1. The van der Waals surface area contributed by atoms with Gasteiger partial charge >= 0.3 is 17.6 Å². The van der Waals surface area contributed by atoms with Crippen molar-refractivity contribution in [3.8, 4) is 0 Å². The van der Waals surface area contributed by atoms with Crippen molar-refractivity contribution in [3.05, 3.63) is 68.0 Å². The van der Waals surface area contributed by atoms with E-state index < -0.39 is 73.1 Å². The number of rotatable bonds is 8. The molecule has 0 amide bonds. The van der Waals surface area contributed by atoms with E-state index in [1.54, 1.807) is 36.2 Å². The number of ether oxygens (including phenoxy) is 2. The zero-order chi connectivity index (χ0) is 25.3. The molecular formula is C20H24FN3O10. The van der Waals surface area contributed by atoms with Gasteiger partial charge in [-0.3, -0.25) is 9.78 Å².